The van der Waals surface area contributed by atoms with Crippen molar-refractivity contribution in [2.45, 2.75) is 46.7 Å². The van der Waals surface area contributed by atoms with Crippen molar-refractivity contribution in [1.29, 1.82) is 0 Å². The number of nitrogens with zero attached hydrogens (tertiary/aromatic N) is 3. The van der Waals surface area contributed by atoms with Crippen molar-refractivity contribution in [2.75, 3.05) is 0 Å². The highest BCUT2D eigenvalue weighted by Crippen LogP contribution is 2.28. The van der Waals surface area contributed by atoms with Gasteiger partial charge in [-0.05, 0) is 55.5 Å². The highest BCUT2D eigenvalue weighted by atomic mass is 16.1. The Bertz CT molecular complexity index is 1530. The minimum absolute atomic E-state index is 0.0157. The molecule has 5 aromatic rings. The zero-order valence-electron chi connectivity index (χ0n) is 19.7. The molecule has 5 rings (SSSR count). The van der Waals surface area contributed by atoms with Crippen LogP contribution in [-0.2, 0) is 13.1 Å². The SMILES string of the molecule is Cc1ccc(C)c(Cn2c3ccc(C)cc3c3ncn(CC(C)c4ccccc4)c(=O)c32)c1. The zero-order valence-corrected chi connectivity index (χ0v) is 19.7. The van der Waals surface area contributed by atoms with Crippen molar-refractivity contribution >= 4 is 21.9 Å². The second-order valence-electron chi connectivity index (χ2n) is 9.25. The topological polar surface area (TPSA) is 39.8 Å². The van der Waals surface area contributed by atoms with Gasteiger partial charge in [0, 0.05) is 18.5 Å². The Kier molecular flexibility index (Phi) is 5.37. The minimum Gasteiger partial charge on any atom is -0.330 e. The van der Waals surface area contributed by atoms with Crippen LogP contribution in [-0.4, -0.2) is 14.1 Å². The van der Waals surface area contributed by atoms with Crippen LogP contribution in [0.1, 0.15) is 40.7 Å². The van der Waals surface area contributed by atoms with E-state index >= 15 is 0 Å². The predicted octanol–water partition coefficient (Wildman–Crippen LogP) is 6.13. The summed E-state index contributed by atoms with van der Waals surface area (Å²) in [5.74, 6) is 0.210. The summed E-state index contributed by atoms with van der Waals surface area (Å²) in [7, 11) is 0. The first kappa shape index (κ1) is 21.2. The van der Waals surface area contributed by atoms with Gasteiger partial charge in [0.25, 0.3) is 5.56 Å². The lowest BCUT2D eigenvalue weighted by Crippen LogP contribution is -2.24. The second-order valence-corrected chi connectivity index (χ2v) is 9.25. The van der Waals surface area contributed by atoms with E-state index in [0.717, 1.165) is 22.0 Å². The maximum atomic E-state index is 13.8. The maximum Gasteiger partial charge on any atom is 0.277 e. The van der Waals surface area contributed by atoms with Crippen LogP contribution < -0.4 is 5.56 Å². The molecule has 0 fully saturated rings. The molecule has 33 heavy (non-hydrogen) atoms. The Labute approximate surface area is 194 Å². The van der Waals surface area contributed by atoms with Crippen molar-refractivity contribution < 1.29 is 0 Å². The first-order valence-corrected chi connectivity index (χ1v) is 11.5. The number of benzene rings is 3. The smallest absolute Gasteiger partial charge is 0.277 e. The van der Waals surface area contributed by atoms with Gasteiger partial charge in [0.05, 0.1) is 11.8 Å². The van der Waals surface area contributed by atoms with Gasteiger partial charge in [-0.2, -0.15) is 0 Å². The summed E-state index contributed by atoms with van der Waals surface area (Å²) in [5, 5.41) is 1.04. The molecule has 0 radical (unpaired) electrons. The molecule has 1 atom stereocenters. The van der Waals surface area contributed by atoms with E-state index in [1.54, 1.807) is 10.9 Å². The molecule has 0 saturated carbocycles. The molecule has 0 saturated heterocycles. The van der Waals surface area contributed by atoms with Crippen molar-refractivity contribution in [3.63, 3.8) is 0 Å². The summed E-state index contributed by atoms with van der Waals surface area (Å²) >= 11 is 0. The molecular weight excluding hydrogens is 406 g/mol. The lowest BCUT2D eigenvalue weighted by atomic mass is 10.0. The number of hydrogen-bond donors (Lipinski definition) is 0. The molecule has 2 heterocycles. The third-order valence-electron chi connectivity index (χ3n) is 6.65. The van der Waals surface area contributed by atoms with Crippen molar-refractivity contribution in [3.05, 3.63) is 111 Å². The monoisotopic (exact) mass is 435 g/mol. The van der Waals surface area contributed by atoms with E-state index in [-0.39, 0.29) is 11.5 Å². The van der Waals surface area contributed by atoms with Crippen LogP contribution in [0.5, 0.6) is 0 Å². The number of aromatic nitrogens is 3. The number of aryl methyl sites for hydroxylation is 3. The van der Waals surface area contributed by atoms with Crippen LogP contribution in [0.15, 0.2) is 77.9 Å². The lowest BCUT2D eigenvalue weighted by Gasteiger charge is -2.15. The quantitative estimate of drug-likeness (QED) is 0.333. The summed E-state index contributed by atoms with van der Waals surface area (Å²) < 4.78 is 3.93. The van der Waals surface area contributed by atoms with Crippen LogP contribution in [0, 0.1) is 20.8 Å². The summed E-state index contributed by atoms with van der Waals surface area (Å²) in [6.45, 7) is 9.71. The summed E-state index contributed by atoms with van der Waals surface area (Å²) in [5.41, 5.74) is 8.59. The van der Waals surface area contributed by atoms with E-state index in [1.807, 2.05) is 18.2 Å². The average molecular weight is 436 g/mol. The van der Waals surface area contributed by atoms with E-state index in [4.69, 9.17) is 4.98 Å². The Morgan fingerprint density at radius 1 is 0.909 bits per heavy atom. The van der Waals surface area contributed by atoms with Crippen molar-refractivity contribution in [3.8, 4) is 0 Å². The average Bonchev–Trinajstić information content (AvgIpc) is 3.12. The van der Waals surface area contributed by atoms with Crippen molar-refractivity contribution in [1.82, 2.24) is 14.1 Å². The molecule has 2 aromatic heterocycles. The second kappa shape index (κ2) is 8.36. The Hall–Kier alpha value is -3.66. The van der Waals surface area contributed by atoms with E-state index in [2.05, 4.69) is 80.8 Å². The molecule has 0 bridgehead atoms. The first-order chi connectivity index (χ1) is 15.9. The lowest BCUT2D eigenvalue weighted by molar-refractivity contribution is 0.575. The Morgan fingerprint density at radius 2 is 1.64 bits per heavy atom. The van der Waals surface area contributed by atoms with Gasteiger partial charge in [0.2, 0.25) is 0 Å². The van der Waals surface area contributed by atoms with Gasteiger partial charge in [-0.15, -0.1) is 0 Å². The Balaban J connectivity index is 1.69. The normalized spacial score (nSPS) is 12.5. The molecule has 0 spiro atoms. The van der Waals surface area contributed by atoms with Crippen LogP contribution in [0.25, 0.3) is 21.9 Å². The molecule has 1 unspecified atom stereocenters. The highest BCUT2D eigenvalue weighted by molar-refractivity contribution is 6.05. The fourth-order valence-electron chi connectivity index (χ4n) is 4.73. The van der Waals surface area contributed by atoms with E-state index in [1.165, 1.54) is 22.3 Å². The van der Waals surface area contributed by atoms with Crippen LogP contribution >= 0.6 is 0 Å². The van der Waals surface area contributed by atoms with Gasteiger partial charge >= 0.3 is 0 Å². The highest BCUT2D eigenvalue weighted by Gasteiger charge is 2.18. The van der Waals surface area contributed by atoms with Gasteiger partial charge in [0.1, 0.15) is 11.0 Å². The zero-order chi connectivity index (χ0) is 23.1. The third-order valence-corrected chi connectivity index (χ3v) is 6.65. The molecule has 0 aliphatic rings. The fourth-order valence-corrected chi connectivity index (χ4v) is 4.73. The molecule has 0 aliphatic heterocycles. The minimum atomic E-state index is 0.0157. The van der Waals surface area contributed by atoms with Gasteiger partial charge in [-0.1, -0.05) is 72.6 Å². The molecule has 0 N–H and O–H groups in total. The van der Waals surface area contributed by atoms with E-state index in [9.17, 15) is 4.79 Å². The molecule has 4 heteroatoms. The summed E-state index contributed by atoms with van der Waals surface area (Å²) in [4.78, 5) is 18.6. The van der Waals surface area contributed by atoms with Gasteiger partial charge in [-0.25, -0.2) is 4.98 Å². The number of hydrogen-bond acceptors (Lipinski definition) is 2. The summed E-state index contributed by atoms with van der Waals surface area (Å²) in [6.07, 6.45) is 1.72. The van der Waals surface area contributed by atoms with Gasteiger partial charge < -0.3 is 4.57 Å². The fraction of sp³-hybridized carbons (Fsp3) is 0.241. The van der Waals surface area contributed by atoms with Crippen LogP contribution in [0.3, 0.4) is 0 Å². The molecule has 166 valence electrons. The molecule has 3 aromatic carbocycles. The number of rotatable bonds is 5. The standard InChI is InChI=1S/C29H29N3O/c1-19-10-12-21(3)24(14-19)17-32-26-13-11-20(2)15-25(26)27-28(32)29(33)31(18-30-27)16-22(4)23-8-6-5-7-9-23/h5-15,18,22H,16-17H2,1-4H3. The van der Waals surface area contributed by atoms with Gasteiger partial charge in [0.15, 0.2) is 0 Å². The predicted molar refractivity (Wildman–Crippen MR) is 136 cm³/mol. The van der Waals surface area contributed by atoms with E-state index < -0.39 is 0 Å². The van der Waals surface area contributed by atoms with Crippen molar-refractivity contribution in [2.24, 2.45) is 0 Å². The largest absolute Gasteiger partial charge is 0.330 e. The number of fused-ring (bicyclic) bond motifs is 3. The van der Waals surface area contributed by atoms with E-state index in [0.29, 0.717) is 18.6 Å². The Morgan fingerprint density at radius 3 is 2.42 bits per heavy atom. The van der Waals surface area contributed by atoms with Crippen LogP contribution in [0.2, 0.25) is 0 Å². The molecule has 0 aliphatic carbocycles. The molecular formula is C29H29N3O. The first-order valence-electron chi connectivity index (χ1n) is 11.5. The molecule has 0 amide bonds. The van der Waals surface area contributed by atoms with Gasteiger partial charge in [-0.3, -0.25) is 9.36 Å². The third kappa shape index (κ3) is 3.86. The molecule has 4 nitrogen and oxygen atoms in total. The summed E-state index contributed by atoms with van der Waals surface area (Å²) in [6, 6.07) is 23.2. The maximum absolute atomic E-state index is 13.8. The van der Waals surface area contributed by atoms with Crippen LogP contribution in [0.4, 0.5) is 0 Å².